The third-order valence-electron chi connectivity index (χ3n) is 23.6. The number of aromatic amines is 3. The molecule has 0 spiro atoms. The van der Waals surface area contributed by atoms with E-state index in [1.807, 2.05) is 68.8 Å². The number of benzene rings is 2. The van der Waals surface area contributed by atoms with Gasteiger partial charge in [-0.05, 0) is 138 Å². The largest absolute Gasteiger partial charge is 0.480 e. The van der Waals surface area contributed by atoms with Gasteiger partial charge in [-0.2, -0.15) is 13.4 Å². The molecule has 47 heteroatoms. The average molecular weight is 1960 g/mol. The number of hydrogen-bond acceptors (Lipinski definition) is 29. The van der Waals surface area contributed by atoms with Crippen LogP contribution in [0.1, 0.15) is 210 Å². The van der Waals surface area contributed by atoms with Crippen molar-refractivity contribution < 1.29 is 95.0 Å². The van der Waals surface area contributed by atoms with Crippen molar-refractivity contribution in [3.05, 3.63) is 145 Å². The van der Waals surface area contributed by atoms with E-state index in [0.717, 1.165) is 56.1 Å². The number of nitrogens with two attached hydrogens (primary N) is 1. The zero-order valence-electron chi connectivity index (χ0n) is 75.1. The first-order valence-corrected chi connectivity index (χ1v) is 48.7. The van der Waals surface area contributed by atoms with E-state index in [0.29, 0.717) is 116 Å². The van der Waals surface area contributed by atoms with Gasteiger partial charge in [0.1, 0.15) is 42.5 Å². The molecule has 0 radical (unpaired) electrons. The number of carboxylic acid groups (broad SMARTS) is 2. The number of methoxy groups -OCH3 is 1. The molecule has 0 saturated heterocycles. The Labute approximate surface area is 791 Å². The van der Waals surface area contributed by atoms with E-state index >= 15 is 0 Å². The zero-order chi connectivity index (χ0) is 97.8. The van der Waals surface area contributed by atoms with E-state index in [9.17, 15) is 90.3 Å². The number of hydrogen-bond donors (Lipinski definition) is 16. The predicted octanol–water partition coefficient (Wildman–Crippen LogP) is 6.99. The van der Waals surface area contributed by atoms with E-state index in [-0.39, 0.29) is 110 Å². The van der Waals surface area contributed by atoms with Crippen molar-refractivity contribution in [1.29, 1.82) is 0 Å². The number of carbonyl (C=O) groups excluding carboxylic acids is 11. The van der Waals surface area contributed by atoms with Crippen molar-refractivity contribution in [2.45, 2.75) is 179 Å². The maximum atomic E-state index is 14.7. The SMILES string of the molecule is CC[C@H]1c2cc3[nH]c4c(c3C)C(=O)C(C(=O)OC)c4c3nc(cc4[nH]c(cc(n2)[C@@H]1C)c(C(C)=O)c4C)[C@@H](C)[C@@H]3CCC(=O)NCCCC(NC(=O)CCCc1nc2ccc(N(CCCl)CCCl)cc2n1C)C(=O)NNC(=O)OCCSSCC[C@H](NC(=O)[C@H](CC(=O)NCCS(=O)(=O)O)NC(=O)CC[C@H](NC(=O)c1ccc(NCc2cnc3nc(N)[nH]c(=O)c3n2)cc1)C(=O)O)C(=O)O. The van der Waals surface area contributed by atoms with Gasteiger partial charge < -0.3 is 82.1 Å². The lowest BCUT2D eigenvalue weighted by Crippen LogP contribution is -2.53. The zero-order valence-corrected chi connectivity index (χ0v) is 79.1. The van der Waals surface area contributed by atoms with Gasteiger partial charge in [0.15, 0.2) is 22.7 Å². The lowest BCUT2D eigenvalue weighted by Gasteiger charge is -2.22. The maximum Gasteiger partial charge on any atom is 0.426 e. The number of nitrogen functional groups attached to an aromatic ring is 1. The number of amides is 8. The number of esters is 1. The highest BCUT2D eigenvalue weighted by molar-refractivity contribution is 8.76. The van der Waals surface area contributed by atoms with Crippen LogP contribution < -0.4 is 64.3 Å². The topological polar surface area (TPSA) is 619 Å². The molecule has 42 nitrogen and oxygen atoms in total. The number of ketones is 2. The van der Waals surface area contributed by atoms with Gasteiger partial charge in [-0.15, -0.1) is 23.2 Å². The van der Waals surface area contributed by atoms with Crippen LogP contribution in [0.5, 0.6) is 0 Å². The van der Waals surface area contributed by atoms with Crippen LogP contribution in [0.2, 0.25) is 0 Å². The van der Waals surface area contributed by atoms with Gasteiger partial charge in [-0.1, -0.05) is 42.4 Å². The van der Waals surface area contributed by atoms with Crippen LogP contribution in [0.15, 0.2) is 71.7 Å². The Hall–Kier alpha value is -12.9. The quantitative estimate of drug-likeness (QED) is 0.00267. The van der Waals surface area contributed by atoms with Crippen LogP contribution in [0.4, 0.5) is 22.1 Å². The number of anilines is 3. The number of halogens is 2. The van der Waals surface area contributed by atoms with Crippen LogP contribution in [0.25, 0.3) is 44.3 Å². The highest BCUT2D eigenvalue weighted by Gasteiger charge is 2.46. The number of fused-ring (bicyclic) bond motifs is 10. The number of aliphatic carboxylic acids is 2. The van der Waals surface area contributed by atoms with Gasteiger partial charge in [0.05, 0.1) is 65.5 Å². The number of rotatable bonds is 46. The number of H-pyrrole nitrogens is 3. The van der Waals surface area contributed by atoms with Crippen molar-refractivity contribution in [3.8, 4) is 0 Å². The summed E-state index contributed by atoms with van der Waals surface area (Å²) in [4.78, 5) is 227. The van der Waals surface area contributed by atoms with Crippen molar-refractivity contribution >= 4 is 193 Å². The first-order valence-electron chi connectivity index (χ1n) is 43.6. The summed E-state index contributed by atoms with van der Waals surface area (Å²) >= 11 is 12.2. The molecule has 8 amide bonds. The number of aryl methyl sites for hydroxylation is 4. The van der Waals surface area contributed by atoms with E-state index in [1.54, 1.807) is 0 Å². The molecule has 6 aromatic heterocycles. The highest BCUT2D eigenvalue weighted by Crippen LogP contribution is 2.49. The van der Waals surface area contributed by atoms with E-state index in [2.05, 4.69) is 96.7 Å². The number of nitrogens with one attached hydrogen (secondary N) is 12. The summed E-state index contributed by atoms with van der Waals surface area (Å²) < 4.78 is 44.5. The first-order chi connectivity index (χ1) is 64.4. The molecule has 17 N–H and O–H groups in total. The van der Waals surface area contributed by atoms with Gasteiger partial charge in [0.25, 0.3) is 27.5 Å². The Balaban J connectivity index is 0.688. The fraction of sp³-hybridized carbons (Fsp3) is 0.455. The lowest BCUT2D eigenvalue weighted by molar-refractivity contribution is -0.142. The Kier molecular flexibility index (Phi) is 35.6. The fourth-order valence-corrected chi connectivity index (χ4v) is 19.1. The molecule has 2 aromatic carbocycles. The summed E-state index contributed by atoms with van der Waals surface area (Å²) in [5, 5.41) is 38.0. The maximum absolute atomic E-state index is 14.7. The summed E-state index contributed by atoms with van der Waals surface area (Å²) in [6.45, 7) is 11.6. The van der Waals surface area contributed by atoms with Gasteiger partial charge in [-0.25, -0.2) is 34.8 Å². The second-order valence-corrected chi connectivity index (χ2v) is 37.7. The second kappa shape index (κ2) is 46.9. The molecule has 8 aromatic rings. The van der Waals surface area contributed by atoms with Crippen molar-refractivity contribution in [2.75, 3.05) is 84.9 Å². The van der Waals surface area contributed by atoms with Crippen LogP contribution in [-0.2, 0) is 82.8 Å². The molecule has 8 heterocycles. The minimum atomic E-state index is -4.57. The number of carbonyl (C=O) groups is 13. The Bertz CT molecular complexity index is 6230. The molecule has 3 aliphatic rings. The highest BCUT2D eigenvalue weighted by atomic mass is 35.5. The first kappa shape index (κ1) is 103. The van der Waals surface area contributed by atoms with Crippen LogP contribution in [0, 0.1) is 13.8 Å². The van der Waals surface area contributed by atoms with Crippen molar-refractivity contribution in [1.82, 2.24) is 92.2 Å². The molecule has 9 atom stereocenters. The van der Waals surface area contributed by atoms with E-state index < -0.39 is 160 Å². The van der Waals surface area contributed by atoms with Crippen LogP contribution >= 0.6 is 44.8 Å². The average Bonchev–Trinajstić information content (AvgIpc) is 1.56. The minimum absolute atomic E-state index is 0.00632. The van der Waals surface area contributed by atoms with E-state index in [1.165, 1.54) is 44.5 Å². The molecule has 135 heavy (non-hydrogen) atoms. The van der Waals surface area contributed by atoms with Crippen molar-refractivity contribution in [2.24, 2.45) is 7.05 Å². The third-order valence-corrected chi connectivity index (χ3v) is 27.0. The number of nitrogens with zero attached hydrogens (tertiary/aromatic N) is 8. The number of carboxylic acids is 2. The van der Waals surface area contributed by atoms with Gasteiger partial charge in [0, 0.05) is 168 Å². The number of hydrazine groups is 1. The number of alkyl halides is 2. The molecule has 0 fully saturated rings. The second-order valence-electron chi connectivity index (χ2n) is 32.7. The summed E-state index contributed by atoms with van der Waals surface area (Å²) in [5.41, 5.74) is 20.0. The smallest absolute Gasteiger partial charge is 0.426 e. The Morgan fingerprint density at radius 1 is 0.689 bits per heavy atom. The van der Waals surface area contributed by atoms with Crippen molar-refractivity contribution in [3.63, 3.8) is 0 Å². The standard InChI is InChI=1S/C88H107Cl2N21O21S3/c1-9-52-43(2)58-39-63-71(47(6)112)45(4)60(98-63)37-59-44(3)53(75(102-59)73-74(86(126)131-8)78(117)72-46(5)61(103-76(72)73)38-62(52)97-58)20-23-67(113)92-28-11-12-55(100-68(114)14-10-13-66-99-54-21-19-51(36-65(54)110(66)7)111(30-26-89)31-27-90)82(120)108-109-88(127)132-32-34-134-133-33-25-57(85(124)125)105-81(119)64(40-70(116)93-29-35-135(128,129)130)101-69(115)24-22-56(84(122)123)104-80(118)48-15-17-49(18-16-48)94-41-50-42-95-79-77(96-50)83(121)107-87(91)106-79/h15-19,21,36-39,42-44,52-53,55-57,64,74,94,98,103H,9-14,20,22-35,40-41H2,1-8H3,(H,92,113)(H,93,116)(H,100,114)(H,101,115)(H,104,118)(H,105,119)(H,108,120)(H,109,127)(H,122,123)(H,124,125)(H,128,129,130)(H3,91,95,106,107,121)/t43-,44+,52-,53+,55?,56+,57+,64+,74?/m1/s1. The molecule has 722 valence electrons. The summed E-state index contributed by atoms with van der Waals surface area (Å²) in [5.74, 6) is -12.3. The molecular formula is C88H107Cl2N21O21S3. The number of ether oxygens (including phenoxy) is 2. The predicted molar refractivity (Wildman–Crippen MR) is 505 cm³/mol. The lowest BCUT2D eigenvalue weighted by atomic mass is 9.84. The monoisotopic (exact) mass is 1960 g/mol. The van der Waals surface area contributed by atoms with E-state index in [4.69, 9.17) is 53.4 Å². The summed E-state index contributed by atoms with van der Waals surface area (Å²) in [6, 6.07) is 10.8. The molecule has 2 aliphatic heterocycles. The van der Waals surface area contributed by atoms with Crippen LogP contribution in [0.3, 0.4) is 0 Å². The molecule has 8 bridgehead atoms. The minimum Gasteiger partial charge on any atom is -0.480 e. The third kappa shape index (κ3) is 26.4. The molecule has 2 unspecified atom stereocenters. The number of Topliss-reactive ketones (excluding diaryl/α,β-unsaturated/α-hetero) is 2. The summed E-state index contributed by atoms with van der Waals surface area (Å²) in [7, 11) is 0.718. The molecular weight excluding hydrogens is 1850 g/mol. The van der Waals surface area contributed by atoms with Gasteiger partial charge in [0.2, 0.25) is 35.5 Å². The number of imidazole rings is 1. The summed E-state index contributed by atoms with van der Waals surface area (Å²) in [6.07, 6.45) is -0.636. The Morgan fingerprint density at radius 3 is 2.05 bits per heavy atom. The van der Waals surface area contributed by atoms with Gasteiger partial charge in [-0.3, -0.25) is 77.7 Å². The molecule has 0 saturated carbocycles. The normalized spacial score (nSPS) is 15.9. The fourth-order valence-electron chi connectivity index (χ4n) is 16.4. The van der Waals surface area contributed by atoms with Crippen LogP contribution in [-0.4, -0.2) is 243 Å². The molecule has 11 rings (SSSR count). The Morgan fingerprint density at radius 2 is 1.36 bits per heavy atom. The molecule has 1 aliphatic carbocycles. The van der Waals surface area contributed by atoms with Gasteiger partial charge >= 0.3 is 24.0 Å². The number of aromatic nitrogens is 10.